The van der Waals surface area contributed by atoms with Gasteiger partial charge in [0.05, 0.1) is 42.2 Å². The summed E-state index contributed by atoms with van der Waals surface area (Å²) < 4.78 is 5.29. The van der Waals surface area contributed by atoms with Gasteiger partial charge in [0.1, 0.15) is 0 Å². The van der Waals surface area contributed by atoms with Gasteiger partial charge in [-0.05, 0) is 71.8 Å². The van der Waals surface area contributed by atoms with Gasteiger partial charge in [-0.25, -0.2) is 0 Å². The first-order valence-corrected chi connectivity index (χ1v) is 15.7. The number of ether oxygens (including phenoxy) is 1. The van der Waals surface area contributed by atoms with Crippen LogP contribution in [0.1, 0.15) is 29.5 Å². The largest absolute Gasteiger partial charge is 0.504 e. The van der Waals surface area contributed by atoms with Crippen LogP contribution in [0.3, 0.4) is 0 Å². The van der Waals surface area contributed by atoms with Crippen LogP contribution in [0.25, 0.3) is 18.2 Å². The molecule has 3 fully saturated rings. The van der Waals surface area contributed by atoms with Gasteiger partial charge < -0.3 is 9.84 Å². The highest BCUT2D eigenvalue weighted by molar-refractivity contribution is 6.24. The quantitative estimate of drug-likeness (QED) is 0.245. The second-order valence-electron chi connectivity index (χ2n) is 12.5. The Morgan fingerprint density at radius 3 is 1.85 bits per heavy atom. The fraction of sp³-hybridized carbons (Fsp3) is 0.231. The summed E-state index contributed by atoms with van der Waals surface area (Å²) in [7, 11) is 1.47. The van der Waals surface area contributed by atoms with E-state index < -0.39 is 35.5 Å². The molecule has 47 heavy (non-hydrogen) atoms. The molecule has 4 amide bonds. The molecule has 6 unspecified atom stereocenters. The van der Waals surface area contributed by atoms with E-state index in [0.717, 1.165) is 22.3 Å². The lowest BCUT2D eigenvalue weighted by atomic mass is 9.58. The summed E-state index contributed by atoms with van der Waals surface area (Å²) in [5.41, 5.74) is 4.38. The average Bonchev–Trinajstić information content (AvgIpc) is 3.50. The first-order valence-electron chi connectivity index (χ1n) is 15.7. The number of methoxy groups -OCH3 is 1. The van der Waals surface area contributed by atoms with Gasteiger partial charge in [0.2, 0.25) is 23.6 Å². The van der Waals surface area contributed by atoms with Gasteiger partial charge in [0.25, 0.3) is 0 Å². The van der Waals surface area contributed by atoms with Crippen molar-refractivity contribution >= 4 is 53.2 Å². The number of anilines is 2. The van der Waals surface area contributed by atoms with Crippen LogP contribution in [-0.2, 0) is 19.2 Å². The van der Waals surface area contributed by atoms with Crippen molar-refractivity contribution in [3.63, 3.8) is 0 Å². The lowest BCUT2D eigenvalue weighted by Crippen LogP contribution is -2.43. The number of imide groups is 2. The summed E-state index contributed by atoms with van der Waals surface area (Å²) in [5.74, 6) is -4.22. The number of allylic oxidation sites excluding steroid dienone is 3. The number of carbonyl (C=O) groups excluding carboxylic acids is 4. The zero-order valence-electron chi connectivity index (χ0n) is 25.9. The molecule has 2 aliphatic carbocycles. The lowest BCUT2D eigenvalue weighted by molar-refractivity contribution is -0.126. The molecule has 8 heteroatoms. The molecule has 1 N–H and O–H groups in total. The van der Waals surface area contributed by atoms with E-state index in [-0.39, 0.29) is 29.4 Å². The van der Waals surface area contributed by atoms with Crippen molar-refractivity contribution in [1.29, 1.82) is 0 Å². The third kappa shape index (κ3) is 4.83. The maximum absolute atomic E-state index is 14.2. The molecule has 6 atom stereocenters. The van der Waals surface area contributed by atoms with Crippen LogP contribution in [0.15, 0.2) is 97.6 Å². The Bertz CT molecular complexity index is 1890. The normalized spacial score (nSPS) is 26.6. The van der Waals surface area contributed by atoms with Gasteiger partial charge in [0, 0.05) is 5.92 Å². The highest BCUT2D eigenvalue weighted by Crippen LogP contribution is 2.56. The lowest BCUT2D eigenvalue weighted by Gasteiger charge is -2.42. The van der Waals surface area contributed by atoms with Crippen LogP contribution in [0.2, 0.25) is 0 Å². The number of rotatable bonds is 7. The van der Waals surface area contributed by atoms with Crippen molar-refractivity contribution in [1.82, 2.24) is 0 Å². The molecular formula is C39H34N2O6. The predicted molar refractivity (Wildman–Crippen MR) is 180 cm³/mol. The van der Waals surface area contributed by atoms with Crippen LogP contribution in [0.4, 0.5) is 11.4 Å². The van der Waals surface area contributed by atoms with E-state index in [1.807, 2.05) is 42.5 Å². The Kier molecular flexibility index (Phi) is 7.51. The number of amides is 4. The van der Waals surface area contributed by atoms with Crippen LogP contribution in [-0.4, -0.2) is 35.8 Å². The number of aromatic hydroxyl groups is 1. The number of nitrogens with zero attached hydrogens (tertiary/aromatic N) is 2. The van der Waals surface area contributed by atoms with Crippen molar-refractivity contribution in [2.24, 2.45) is 35.5 Å². The smallest absolute Gasteiger partial charge is 0.238 e. The highest BCUT2D eigenvalue weighted by atomic mass is 16.5. The summed E-state index contributed by atoms with van der Waals surface area (Å²) in [6.45, 7) is 7.57. The summed E-state index contributed by atoms with van der Waals surface area (Å²) in [5, 5.41) is 10.1. The standard InChI is InChI=1S/C39H34N2O6/c1-4-22-6-12-25(13-7-22)40-36(43)29-18-17-27-28(16-10-24-11-19-32(42)33(20-24)47-3)34-31(21-30(27)35(29)39(40)46)37(44)41(38(34)45)26-14-8-23(5-2)9-15-26/h4-17,19-20,28-31,34-35,42H,1-2,18,21H2,3H3. The molecule has 0 radical (unpaired) electrons. The number of benzene rings is 3. The SMILES string of the molecule is C=Cc1ccc(N2C(=O)C3CC4C(=CCC5C(=O)N(c6ccc(C=C)cc6)C(=O)C54)C(C=Cc4ccc(O)c(OC)c4)C3C2=O)cc1. The average molecular weight is 627 g/mol. The van der Waals surface area contributed by atoms with E-state index in [4.69, 9.17) is 4.74 Å². The number of phenols is 1. The van der Waals surface area contributed by atoms with Gasteiger partial charge in [0.15, 0.2) is 11.5 Å². The highest BCUT2D eigenvalue weighted by Gasteiger charge is 2.61. The van der Waals surface area contributed by atoms with Crippen molar-refractivity contribution in [2.75, 3.05) is 16.9 Å². The van der Waals surface area contributed by atoms with E-state index in [0.29, 0.717) is 30.0 Å². The van der Waals surface area contributed by atoms with Crippen molar-refractivity contribution in [2.45, 2.75) is 12.8 Å². The zero-order chi connectivity index (χ0) is 33.0. The third-order valence-corrected chi connectivity index (χ3v) is 10.2. The molecule has 2 saturated heterocycles. The van der Waals surface area contributed by atoms with Gasteiger partial charge in [-0.15, -0.1) is 0 Å². The van der Waals surface area contributed by atoms with Crippen LogP contribution < -0.4 is 14.5 Å². The van der Waals surface area contributed by atoms with E-state index in [1.165, 1.54) is 23.0 Å². The molecule has 2 aliphatic heterocycles. The fourth-order valence-electron chi connectivity index (χ4n) is 7.89. The van der Waals surface area contributed by atoms with E-state index in [9.17, 15) is 24.3 Å². The maximum Gasteiger partial charge on any atom is 0.238 e. The second-order valence-corrected chi connectivity index (χ2v) is 12.5. The summed E-state index contributed by atoms with van der Waals surface area (Å²) in [6.07, 6.45) is 9.85. The molecule has 2 heterocycles. The Morgan fingerprint density at radius 1 is 0.723 bits per heavy atom. The third-order valence-electron chi connectivity index (χ3n) is 10.2. The van der Waals surface area contributed by atoms with Crippen LogP contribution in [0, 0.1) is 35.5 Å². The molecule has 0 bridgehead atoms. The van der Waals surface area contributed by atoms with E-state index in [1.54, 1.807) is 48.6 Å². The number of carbonyl (C=O) groups is 4. The first-order chi connectivity index (χ1) is 22.7. The Labute approximate surface area is 273 Å². The van der Waals surface area contributed by atoms with Gasteiger partial charge in [-0.2, -0.15) is 0 Å². The predicted octanol–water partition coefficient (Wildman–Crippen LogP) is 6.28. The first kappa shape index (κ1) is 30.2. The minimum atomic E-state index is -0.675. The summed E-state index contributed by atoms with van der Waals surface area (Å²) in [4.78, 5) is 58.8. The molecule has 3 aromatic rings. The molecule has 0 aromatic heterocycles. The number of fused-ring (bicyclic) bond motifs is 4. The molecule has 8 nitrogen and oxygen atoms in total. The van der Waals surface area contributed by atoms with Gasteiger partial charge >= 0.3 is 0 Å². The van der Waals surface area contributed by atoms with Crippen LogP contribution in [0.5, 0.6) is 11.5 Å². The Balaban J connectivity index is 1.29. The Morgan fingerprint density at radius 2 is 1.28 bits per heavy atom. The monoisotopic (exact) mass is 626 g/mol. The number of hydrogen-bond acceptors (Lipinski definition) is 6. The fourth-order valence-corrected chi connectivity index (χ4v) is 7.89. The summed E-state index contributed by atoms with van der Waals surface area (Å²) >= 11 is 0. The molecule has 4 aliphatic rings. The van der Waals surface area contributed by atoms with E-state index >= 15 is 0 Å². The van der Waals surface area contributed by atoms with Crippen molar-refractivity contribution < 1.29 is 29.0 Å². The van der Waals surface area contributed by atoms with Crippen molar-refractivity contribution in [3.05, 3.63) is 114 Å². The molecular weight excluding hydrogens is 592 g/mol. The van der Waals surface area contributed by atoms with Crippen LogP contribution >= 0.6 is 0 Å². The number of hydrogen-bond donors (Lipinski definition) is 1. The number of phenolic OH excluding ortho intramolecular Hbond substituents is 1. The van der Waals surface area contributed by atoms with Gasteiger partial charge in [-0.1, -0.05) is 79.4 Å². The molecule has 0 spiro atoms. The zero-order valence-corrected chi connectivity index (χ0v) is 25.9. The topological polar surface area (TPSA) is 104 Å². The van der Waals surface area contributed by atoms with Crippen molar-refractivity contribution in [3.8, 4) is 11.5 Å². The van der Waals surface area contributed by atoms with Gasteiger partial charge in [-0.3, -0.25) is 29.0 Å². The maximum atomic E-state index is 14.2. The molecule has 7 rings (SSSR count). The summed E-state index contributed by atoms with van der Waals surface area (Å²) in [6, 6.07) is 19.2. The molecule has 236 valence electrons. The Hall–Kier alpha value is -5.50. The minimum Gasteiger partial charge on any atom is -0.504 e. The molecule has 3 aromatic carbocycles. The second kappa shape index (κ2) is 11.7. The minimum absolute atomic E-state index is 0.00579. The molecule has 1 saturated carbocycles. The van der Waals surface area contributed by atoms with E-state index in [2.05, 4.69) is 13.2 Å².